The molecule has 0 radical (unpaired) electrons. The molecule has 254 valence electrons. The molecule has 43 heavy (non-hydrogen) atoms. The minimum atomic E-state index is -0.755. The normalized spacial score (nSPS) is 12.6. The Morgan fingerprint density at radius 3 is 1.21 bits per heavy atom. The highest BCUT2D eigenvalue weighted by Gasteiger charge is 2.19. The van der Waals surface area contributed by atoms with Gasteiger partial charge in [0.25, 0.3) is 0 Å². The van der Waals surface area contributed by atoms with Crippen LogP contribution < -0.4 is 0 Å². The van der Waals surface area contributed by atoms with E-state index < -0.39 is 6.10 Å². The van der Waals surface area contributed by atoms with Crippen molar-refractivity contribution in [2.45, 2.75) is 201 Å². The lowest BCUT2D eigenvalue weighted by Crippen LogP contribution is -2.30. The van der Waals surface area contributed by atoms with Gasteiger partial charge >= 0.3 is 17.9 Å². The first-order chi connectivity index (χ1) is 20.9. The Bertz CT molecular complexity index is 649. The van der Waals surface area contributed by atoms with Crippen molar-refractivity contribution in [1.82, 2.24) is 0 Å². The first kappa shape index (κ1) is 41.4. The Hall–Kier alpha value is -1.59. The summed E-state index contributed by atoms with van der Waals surface area (Å²) in [6.07, 6.45) is 26.9. The van der Waals surface area contributed by atoms with Gasteiger partial charge in [0, 0.05) is 19.3 Å². The zero-order valence-corrected chi connectivity index (χ0v) is 28.9. The first-order valence-electron chi connectivity index (χ1n) is 18.4. The van der Waals surface area contributed by atoms with E-state index in [1.165, 1.54) is 83.5 Å². The molecule has 0 aromatic heterocycles. The lowest BCUT2D eigenvalue weighted by Gasteiger charge is -2.18. The fourth-order valence-electron chi connectivity index (χ4n) is 5.18. The third-order valence-corrected chi connectivity index (χ3v) is 8.40. The maximum absolute atomic E-state index is 12.5. The SMILES string of the molecule is CCCCCCCCCCCCC(=O)O[C@H](COC(=O)CCCCCCC)COC(=O)CCCCCCCCC(C)CC. The number of ether oxygens (including phenoxy) is 3. The Kier molecular flexibility index (Phi) is 30.6. The van der Waals surface area contributed by atoms with E-state index in [1.54, 1.807) is 0 Å². The second-order valence-electron chi connectivity index (χ2n) is 12.7. The van der Waals surface area contributed by atoms with E-state index in [9.17, 15) is 14.4 Å². The highest BCUT2D eigenvalue weighted by Crippen LogP contribution is 2.15. The van der Waals surface area contributed by atoms with Gasteiger partial charge in [-0.15, -0.1) is 0 Å². The average Bonchev–Trinajstić information content (AvgIpc) is 3.00. The van der Waals surface area contributed by atoms with Gasteiger partial charge in [-0.1, -0.05) is 156 Å². The molecule has 0 aliphatic heterocycles. The molecule has 0 rings (SSSR count). The monoisotopic (exact) mass is 611 g/mol. The molecule has 0 heterocycles. The van der Waals surface area contributed by atoms with Crippen LogP contribution in [0.25, 0.3) is 0 Å². The van der Waals surface area contributed by atoms with Crippen molar-refractivity contribution >= 4 is 17.9 Å². The molecule has 6 nitrogen and oxygen atoms in total. The Morgan fingerprint density at radius 2 is 0.814 bits per heavy atom. The fraction of sp³-hybridized carbons (Fsp3) is 0.919. The quantitative estimate of drug-likeness (QED) is 0.0428. The topological polar surface area (TPSA) is 78.9 Å². The predicted molar refractivity (Wildman–Crippen MR) is 178 cm³/mol. The van der Waals surface area contributed by atoms with Gasteiger partial charge < -0.3 is 14.2 Å². The van der Waals surface area contributed by atoms with Crippen LogP contribution >= 0.6 is 0 Å². The van der Waals surface area contributed by atoms with E-state index in [0.29, 0.717) is 19.3 Å². The zero-order chi connectivity index (χ0) is 31.8. The van der Waals surface area contributed by atoms with Crippen LogP contribution in [-0.2, 0) is 28.6 Å². The van der Waals surface area contributed by atoms with Crippen molar-refractivity contribution in [3.63, 3.8) is 0 Å². The molecule has 0 bridgehead atoms. The first-order valence-corrected chi connectivity index (χ1v) is 18.4. The van der Waals surface area contributed by atoms with Crippen LogP contribution in [0, 0.1) is 5.92 Å². The molecule has 0 aliphatic carbocycles. The predicted octanol–water partition coefficient (Wildman–Crippen LogP) is 10.8. The van der Waals surface area contributed by atoms with E-state index >= 15 is 0 Å². The molecule has 0 aliphatic rings. The van der Waals surface area contributed by atoms with Gasteiger partial charge in [0.15, 0.2) is 6.10 Å². The van der Waals surface area contributed by atoms with Crippen LogP contribution in [0.5, 0.6) is 0 Å². The van der Waals surface area contributed by atoms with Gasteiger partial charge in [0.1, 0.15) is 13.2 Å². The van der Waals surface area contributed by atoms with Crippen molar-refractivity contribution in [2.75, 3.05) is 13.2 Å². The third-order valence-electron chi connectivity index (χ3n) is 8.40. The molecular formula is C37H70O6. The second-order valence-corrected chi connectivity index (χ2v) is 12.7. The van der Waals surface area contributed by atoms with Crippen molar-refractivity contribution < 1.29 is 28.6 Å². The highest BCUT2D eigenvalue weighted by atomic mass is 16.6. The van der Waals surface area contributed by atoms with Crippen molar-refractivity contribution in [2.24, 2.45) is 5.92 Å². The van der Waals surface area contributed by atoms with Gasteiger partial charge in [-0.3, -0.25) is 14.4 Å². The number of unbranched alkanes of at least 4 members (excludes halogenated alkanes) is 18. The number of carbonyl (C=O) groups excluding carboxylic acids is 3. The largest absolute Gasteiger partial charge is 0.462 e. The molecule has 2 atom stereocenters. The van der Waals surface area contributed by atoms with Crippen molar-refractivity contribution in [1.29, 1.82) is 0 Å². The van der Waals surface area contributed by atoms with Crippen LogP contribution in [0.3, 0.4) is 0 Å². The molecule has 0 saturated heterocycles. The highest BCUT2D eigenvalue weighted by molar-refractivity contribution is 5.71. The summed E-state index contributed by atoms with van der Waals surface area (Å²) in [6, 6.07) is 0. The summed E-state index contributed by atoms with van der Waals surface area (Å²) in [4.78, 5) is 37.1. The number of carbonyl (C=O) groups is 3. The maximum atomic E-state index is 12.5. The lowest BCUT2D eigenvalue weighted by atomic mass is 10.00. The van der Waals surface area contributed by atoms with Crippen molar-refractivity contribution in [3.05, 3.63) is 0 Å². The second kappa shape index (κ2) is 31.8. The molecule has 0 spiro atoms. The van der Waals surface area contributed by atoms with Gasteiger partial charge in [-0.25, -0.2) is 0 Å². The molecule has 0 amide bonds. The Labute approximate surface area is 266 Å². The average molecular weight is 611 g/mol. The summed E-state index contributed by atoms with van der Waals surface area (Å²) in [6.45, 7) is 8.83. The molecular weight excluding hydrogens is 540 g/mol. The molecule has 0 N–H and O–H groups in total. The Morgan fingerprint density at radius 1 is 0.465 bits per heavy atom. The Balaban J connectivity index is 4.32. The standard InChI is InChI=1S/C37H70O6/c1-5-8-10-12-13-14-15-16-22-26-30-37(40)43-34(31-41-35(38)28-24-19-11-9-6-2)32-42-36(39)29-25-21-18-17-20-23-27-33(4)7-3/h33-34H,5-32H2,1-4H3/t33?,34-/m1/s1. The van der Waals surface area contributed by atoms with Gasteiger partial charge in [0.2, 0.25) is 0 Å². The van der Waals surface area contributed by atoms with Crippen LogP contribution in [0.4, 0.5) is 0 Å². The van der Waals surface area contributed by atoms with E-state index in [1.807, 2.05) is 0 Å². The summed E-state index contributed by atoms with van der Waals surface area (Å²) in [5.41, 5.74) is 0. The third kappa shape index (κ3) is 30.2. The van der Waals surface area contributed by atoms with Crippen molar-refractivity contribution in [3.8, 4) is 0 Å². The van der Waals surface area contributed by atoms with Crippen LogP contribution in [0.1, 0.15) is 195 Å². The molecule has 0 aromatic carbocycles. The minimum absolute atomic E-state index is 0.0675. The van der Waals surface area contributed by atoms with E-state index in [0.717, 1.165) is 70.1 Å². The summed E-state index contributed by atoms with van der Waals surface area (Å²) in [5, 5.41) is 0. The summed E-state index contributed by atoms with van der Waals surface area (Å²) in [7, 11) is 0. The molecule has 0 fully saturated rings. The van der Waals surface area contributed by atoms with E-state index in [-0.39, 0.29) is 31.1 Å². The summed E-state index contributed by atoms with van der Waals surface area (Å²) < 4.78 is 16.5. The van der Waals surface area contributed by atoms with E-state index in [2.05, 4.69) is 27.7 Å². The summed E-state index contributed by atoms with van der Waals surface area (Å²) in [5.74, 6) is -0.0706. The van der Waals surface area contributed by atoms with Gasteiger partial charge in [-0.05, 0) is 25.2 Å². The lowest BCUT2D eigenvalue weighted by molar-refractivity contribution is -0.167. The summed E-state index contributed by atoms with van der Waals surface area (Å²) >= 11 is 0. The molecule has 0 saturated carbocycles. The minimum Gasteiger partial charge on any atom is -0.462 e. The number of hydrogen-bond donors (Lipinski definition) is 0. The molecule has 6 heteroatoms. The maximum Gasteiger partial charge on any atom is 0.306 e. The number of rotatable bonds is 32. The van der Waals surface area contributed by atoms with Crippen LogP contribution in [0.15, 0.2) is 0 Å². The van der Waals surface area contributed by atoms with Gasteiger partial charge in [0.05, 0.1) is 0 Å². The fourth-order valence-corrected chi connectivity index (χ4v) is 5.18. The smallest absolute Gasteiger partial charge is 0.306 e. The van der Waals surface area contributed by atoms with Crippen LogP contribution in [0.2, 0.25) is 0 Å². The van der Waals surface area contributed by atoms with Crippen LogP contribution in [-0.4, -0.2) is 37.2 Å². The van der Waals surface area contributed by atoms with E-state index in [4.69, 9.17) is 14.2 Å². The molecule has 1 unspecified atom stereocenters. The number of hydrogen-bond acceptors (Lipinski definition) is 6. The zero-order valence-electron chi connectivity index (χ0n) is 28.9. The molecule has 0 aromatic rings. The van der Waals surface area contributed by atoms with Gasteiger partial charge in [-0.2, -0.15) is 0 Å². The number of esters is 3.